The highest BCUT2D eigenvalue weighted by Gasteiger charge is 2.26. The fraction of sp³-hybridized carbons (Fsp3) is 0.238. The summed E-state index contributed by atoms with van der Waals surface area (Å²) < 4.78 is 24.0. The smallest absolute Gasteiger partial charge is 0.268 e. The lowest BCUT2D eigenvalue weighted by molar-refractivity contribution is -0.124. The molecular weight excluding hydrogens is 347 g/mol. The lowest BCUT2D eigenvalue weighted by atomic mass is 10.1. The third-order valence-corrected chi connectivity index (χ3v) is 4.31. The molecule has 3 aromatic rings. The van der Waals surface area contributed by atoms with Gasteiger partial charge in [-0.05, 0) is 57.2 Å². The van der Waals surface area contributed by atoms with Gasteiger partial charge in [-0.3, -0.25) is 4.79 Å². The normalized spacial score (nSPS) is 11.9. The van der Waals surface area contributed by atoms with Gasteiger partial charge in [0.1, 0.15) is 17.3 Å². The molecule has 3 rings (SSSR count). The van der Waals surface area contributed by atoms with Gasteiger partial charge in [-0.25, -0.2) is 4.39 Å². The number of hydrogen-bond donors (Lipinski definition) is 0. The molecule has 0 aliphatic rings. The molecule has 0 radical (unpaired) electrons. The van der Waals surface area contributed by atoms with Crippen molar-refractivity contribution in [3.63, 3.8) is 0 Å². The molecule has 0 N–H and O–H groups in total. The molecule has 1 heterocycles. The second kappa shape index (κ2) is 8.03. The number of nitrogens with zero attached hydrogens (tertiary/aromatic N) is 2. The van der Waals surface area contributed by atoms with Crippen LogP contribution < -0.4 is 9.64 Å². The number of carbonyl (C=O) groups excluding carboxylic acids is 1. The summed E-state index contributed by atoms with van der Waals surface area (Å²) in [5.74, 6) is 0.534. The number of para-hydroxylation sites is 1. The van der Waals surface area contributed by atoms with Gasteiger partial charge in [0.15, 0.2) is 6.10 Å². The lowest BCUT2D eigenvalue weighted by Gasteiger charge is -2.26. The van der Waals surface area contributed by atoms with Gasteiger partial charge in [-0.1, -0.05) is 23.4 Å². The molecule has 2 aromatic carbocycles. The van der Waals surface area contributed by atoms with Crippen molar-refractivity contribution in [3.8, 4) is 5.75 Å². The summed E-state index contributed by atoms with van der Waals surface area (Å²) in [7, 11) is 0. The molecule has 0 saturated carbocycles. The molecule has 0 saturated heterocycles. The molecule has 0 aliphatic heterocycles. The maximum absolute atomic E-state index is 13.1. The Hall–Kier alpha value is -3.15. The third-order valence-electron chi connectivity index (χ3n) is 4.31. The number of amides is 1. The van der Waals surface area contributed by atoms with Crippen molar-refractivity contribution in [2.24, 2.45) is 0 Å². The van der Waals surface area contributed by atoms with Crippen molar-refractivity contribution in [2.45, 2.75) is 33.4 Å². The van der Waals surface area contributed by atoms with Gasteiger partial charge in [-0.15, -0.1) is 0 Å². The molecule has 1 amide bonds. The third kappa shape index (κ3) is 4.34. The molecule has 0 bridgehead atoms. The van der Waals surface area contributed by atoms with E-state index in [1.165, 1.54) is 24.3 Å². The number of halogens is 1. The van der Waals surface area contributed by atoms with Crippen LogP contribution in [0.5, 0.6) is 5.75 Å². The van der Waals surface area contributed by atoms with E-state index in [0.29, 0.717) is 18.1 Å². The van der Waals surface area contributed by atoms with Crippen LogP contribution in [0.3, 0.4) is 0 Å². The van der Waals surface area contributed by atoms with Gasteiger partial charge in [0, 0.05) is 11.3 Å². The van der Waals surface area contributed by atoms with Crippen LogP contribution in [0.2, 0.25) is 0 Å². The minimum atomic E-state index is -0.754. The Balaban J connectivity index is 1.85. The van der Waals surface area contributed by atoms with Crippen LogP contribution in [0, 0.1) is 19.7 Å². The Bertz CT molecular complexity index is 887. The minimum absolute atomic E-state index is 0.217. The van der Waals surface area contributed by atoms with Crippen molar-refractivity contribution in [1.82, 2.24) is 5.16 Å². The number of anilines is 1. The number of ether oxygens (including phenoxy) is 1. The van der Waals surface area contributed by atoms with E-state index in [-0.39, 0.29) is 11.7 Å². The quantitative estimate of drug-likeness (QED) is 0.646. The van der Waals surface area contributed by atoms with E-state index in [2.05, 4.69) is 5.16 Å². The van der Waals surface area contributed by atoms with Crippen LogP contribution in [0.4, 0.5) is 10.1 Å². The Kier molecular flexibility index (Phi) is 5.54. The van der Waals surface area contributed by atoms with E-state index in [9.17, 15) is 9.18 Å². The molecular formula is C21H21FN2O3. The van der Waals surface area contributed by atoms with Crippen molar-refractivity contribution in [1.29, 1.82) is 0 Å². The molecule has 0 fully saturated rings. The largest absolute Gasteiger partial charge is 0.481 e. The van der Waals surface area contributed by atoms with Crippen LogP contribution in [0.25, 0.3) is 0 Å². The van der Waals surface area contributed by atoms with Crippen molar-refractivity contribution >= 4 is 11.6 Å². The van der Waals surface area contributed by atoms with Crippen LogP contribution in [-0.2, 0) is 11.3 Å². The SMILES string of the molecule is Cc1noc(C)c1CN(C(=O)[C@H](C)Oc1ccc(F)cc1)c1ccccc1. The summed E-state index contributed by atoms with van der Waals surface area (Å²) in [4.78, 5) is 14.8. The summed E-state index contributed by atoms with van der Waals surface area (Å²) in [6.07, 6.45) is -0.754. The van der Waals surface area contributed by atoms with E-state index < -0.39 is 6.10 Å². The van der Waals surface area contributed by atoms with Crippen LogP contribution in [0.1, 0.15) is 23.9 Å². The number of aromatic nitrogens is 1. The molecule has 0 spiro atoms. The summed E-state index contributed by atoms with van der Waals surface area (Å²) in [5, 5.41) is 3.96. The molecule has 140 valence electrons. The first-order valence-corrected chi connectivity index (χ1v) is 8.66. The molecule has 0 unspecified atom stereocenters. The van der Waals surface area contributed by atoms with Gasteiger partial charge in [0.05, 0.1) is 12.2 Å². The lowest BCUT2D eigenvalue weighted by Crippen LogP contribution is -2.40. The zero-order valence-corrected chi connectivity index (χ0v) is 15.5. The average molecular weight is 368 g/mol. The van der Waals surface area contributed by atoms with E-state index >= 15 is 0 Å². The highest BCUT2D eigenvalue weighted by molar-refractivity contribution is 5.96. The zero-order valence-electron chi connectivity index (χ0n) is 15.5. The number of benzene rings is 2. The van der Waals surface area contributed by atoms with Crippen molar-refractivity contribution < 1.29 is 18.4 Å². The Labute approximate surface area is 157 Å². The summed E-state index contributed by atoms with van der Waals surface area (Å²) in [6, 6.07) is 14.9. The number of hydrogen-bond acceptors (Lipinski definition) is 4. The predicted molar refractivity (Wildman–Crippen MR) is 100 cm³/mol. The van der Waals surface area contributed by atoms with E-state index in [1.54, 1.807) is 11.8 Å². The fourth-order valence-corrected chi connectivity index (χ4v) is 2.78. The monoisotopic (exact) mass is 368 g/mol. The molecule has 0 aliphatic carbocycles. The highest BCUT2D eigenvalue weighted by Crippen LogP contribution is 2.23. The van der Waals surface area contributed by atoms with Crippen LogP contribution in [-0.4, -0.2) is 17.2 Å². The maximum atomic E-state index is 13.1. The van der Waals surface area contributed by atoms with Crippen molar-refractivity contribution in [2.75, 3.05) is 4.90 Å². The maximum Gasteiger partial charge on any atom is 0.268 e. The van der Waals surface area contributed by atoms with Gasteiger partial charge in [0.2, 0.25) is 0 Å². The fourth-order valence-electron chi connectivity index (χ4n) is 2.78. The molecule has 27 heavy (non-hydrogen) atoms. The molecule has 1 aromatic heterocycles. The Morgan fingerprint density at radius 1 is 1.15 bits per heavy atom. The van der Waals surface area contributed by atoms with Gasteiger partial charge < -0.3 is 14.2 Å². The first kappa shape index (κ1) is 18.6. The topological polar surface area (TPSA) is 55.6 Å². The molecule has 5 nitrogen and oxygen atoms in total. The van der Waals surface area contributed by atoms with Crippen LogP contribution in [0.15, 0.2) is 59.1 Å². The van der Waals surface area contributed by atoms with Crippen LogP contribution >= 0.6 is 0 Å². The van der Waals surface area contributed by atoms with E-state index in [0.717, 1.165) is 16.9 Å². The highest BCUT2D eigenvalue weighted by atomic mass is 19.1. The average Bonchev–Trinajstić information content (AvgIpc) is 2.99. The first-order chi connectivity index (χ1) is 13.0. The standard InChI is InChI=1S/C21H21FN2O3/c1-14-20(15(2)27-23-14)13-24(18-7-5-4-6-8-18)21(25)16(3)26-19-11-9-17(22)10-12-19/h4-12,16H,13H2,1-3H3/t16-/m0/s1. The van der Waals surface area contributed by atoms with Crippen molar-refractivity contribution in [3.05, 3.63) is 77.4 Å². The molecule has 6 heteroatoms. The predicted octanol–water partition coefficient (Wildman–Crippen LogP) is 4.43. The Morgan fingerprint density at radius 2 is 1.81 bits per heavy atom. The van der Waals surface area contributed by atoms with E-state index in [1.807, 2.05) is 44.2 Å². The zero-order chi connectivity index (χ0) is 19.4. The van der Waals surface area contributed by atoms with Gasteiger partial charge in [0.25, 0.3) is 5.91 Å². The molecule has 1 atom stereocenters. The van der Waals surface area contributed by atoms with Gasteiger partial charge >= 0.3 is 0 Å². The summed E-state index contributed by atoms with van der Waals surface area (Å²) >= 11 is 0. The number of carbonyl (C=O) groups is 1. The minimum Gasteiger partial charge on any atom is -0.481 e. The second-order valence-corrected chi connectivity index (χ2v) is 6.28. The summed E-state index contributed by atoms with van der Waals surface area (Å²) in [5.41, 5.74) is 2.35. The number of rotatable bonds is 6. The Morgan fingerprint density at radius 3 is 2.41 bits per heavy atom. The first-order valence-electron chi connectivity index (χ1n) is 8.66. The summed E-state index contributed by atoms with van der Waals surface area (Å²) in [6.45, 7) is 5.66. The number of aryl methyl sites for hydroxylation is 2. The van der Waals surface area contributed by atoms with E-state index in [4.69, 9.17) is 9.26 Å². The van der Waals surface area contributed by atoms with Gasteiger partial charge in [-0.2, -0.15) is 0 Å². The second-order valence-electron chi connectivity index (χ2n) is 6.28.